The van der Waals surface area contributed by atoms with Gasteiger partial charge in [-0.05, 0) is 42.2 Å². The van der Waals surface area contributed by atoms with E-state index in [1.54, 1.807) is 24.3 Å². The highest BCUT2D eigenvalue weighted by atomic mass is 19.1. The number of rotatable bonds is 2. The molecule has 0 saturated heterocycles. The lowest BCUT2D eigenvalue weighted by molar-refractivity contribution is 0.0936. The first-order valence-corrected chi connectivity index (χ1v) is 6.49. The maximum Gasteiger partial charge on any atom is 0.251 e. The van der Waals surface area contributed by atoms with Crippen LogP contribution in [0.5, 0.6) is 0 Å². The lowest BCUT2D eigenvalue weighted by atomic mass is 10.1. The van der Waals surface area contributed by atoms with E-state index >= 15 is 0 Å². The van der Waals surface area contributed by atoms with E-state index in [9.17, 15) is 13.6 Å². The summed E-state index contributed by atoms with van der Waals surface area (Å²) >= 11 is 0. The molecule has 0 radical (unpaired) electrons. The molecule has 0 saturated carbocycles. The minimum absolute atomic E-state index is 0.229. The summed E-state index contributed by atoms with van der Waals surface area (Å²) in [6.45, 7) is 0. The Kier molecular flexibility index (Phi) is 3.22. The van der Waals surface area contributed by atoms with Crippen molar-refractivity contribution in [2.45, 2.75) is 18.9 Å². The molecule has 1 amide bonds. The highest BCUT2D eigenvalue weighted by molar-refractivity contribution is 5.94. The Hall–Kier alpha value is -2.23. The maximum absolute atomic E-state index is 13.6. The molecule has 2 nitrogen and oxygen atoms in total. The summed E-state index contributed by atoms with van der Waals surface area (Å²) in [4.78, 5) is 12.1. The van der Waals surface area contributed by atoms with Gasteiger partial charge in [0.1, 0.15) is 11.6 Å². The molecule has 0 fully saturated rings. The summed E-state index contributed by atoms with van der Waals surface area (Å²) in [5, 5.41) is 2.83. The molecule has 0 bridgehead atoms. The molecule has 0 spiro atoms. The van der Waals surface area contributed by atoms with Crippen molar-refractivity contribution in [2.24, 2.45) is 0 Å². The smallest absolute Gasteiger partial charge is 0.251 e. The number of hydrogen-bond donors (Lipinski definition) is 1. The van der Waals surface area contributed by atoms with E-state index in [1.807, 2.05) is 6.07 Å². The van der Waals surface area contributed by atoms with Gasteiger partial charge in [-0.2, -0.15) is 0 Å². The monoisotopic (exact) mass is 273 g/mol. The van der Waals surface area contributed by atoms with Gasteiger partial charge in [0.05, 0.1) is 6.04 Å². The van der Waals surface area contributed by atoms with E-state index < -0.39 is 11.6 Å². The molecule has 1 aliphatic carbocycles. The van der Waals surface area contributed by atoms with Gasteiger partial charge in [-0.15, -0.1) is 0 Å². The molecular formula is C16H13F2NO. The molecule has 1 aliphatic rings. The molecule has 1 N–H and O–H groups in total. The van der Waals surface area contributed by atoms with E-state index in [4.69, 9.17) is 0 Å². The summed E-state index contributed by atoms with van der Waals surface area (Å²) in [7, 11) is 0. The number of hydrogen-bond acceptors (Lipinski definition) is 1. The summed E-state index contributed by atoms with van der Waals surface area (Å²) < 4.78 is 26.9. The fraction of sp³-hybridized carbons (Fsp3) is 0.188. The molecule has 20 heavy (non-hydrogen) atoms. The average Bonchev–Trinajstić information content (AvgIpc) is 2.83. The Morgan fingerprint density at radius 3 is 2.65 bits per heavy atom. The molecular weight excluding hydrogens is 260 g/mol. The van der Waals surface area contributed by atoms with Crippen molar-refractivity contribution >= 4 is 5.91 Å². The van der Waals surface area contributed by atoms with Crippen LogP contribution in [0.3, 0.4) is 0 Å². The first kappa shape index (κ1) is 12.8. The van der Waals surface area contributed by atoms with Crippen molar-refractivity contribution in [3.05, 3.63) is 70.8 Å². The van der Waals surface area contributed by atoms with Crippen LogP contribution in [0.4, 0.5) is 8.78 Å². The van der Waals surface area contributed by atoms with Gasteiger partial charge in [-0.3, -0.25) is 4.79 Å². The van der Waals surface area contributed by atoms with E-state index in [2.05, 4.69) is 5.32 Å². The Morgan fingerprint density at radius 1 is 1.15 bits per heavy atom. The topological polar surface area (TPSA) is 29.1 Å². The van der Waals surface area contributed by atoms with Crippen LogP contribution in [-0.4, -0.2) is 5.91 Å². The van der Waals surface area contributed by atoms with Crippen LogP contribution in [0.25, 0.3) is 0 Å². The zero-order valence-electron chi connectivity index (χ0n) is 10.7. The molecule has 2 aromatic rings. The van der Waals surface area contributed by atoms with Crippen LogP contribution < -0.4 is 5.32 Å². The second-order valence-corrected chi connectivity index (χ2v) is 4.89. The van der Waals surface area contributed by atoms with Crippen molar-refractivity contribution in [2.75, 3.05) is 0 Å². The first-order chi connectivity index (χ1) is 9.65. The van der Waals surface area contributed by atoms with Crippen LogP contribution in [0.15, 0.2) is 42.5 Å². The quantitative estimate of drug-likeness (QED) is 0.893. The number of halogens is 2. The van der Waals surface area contributed by atoms with Crippen molar-refractivity contribution in [1.29, 1.82) is 0 Å². The van der Waals surface area contributed by atoms with Gasteiger partial charge in [0.2, 0.25) is 0 Å². The van der Waals surface area contributed by atoms with Gasteiger partial charge in [0.15, 0.2) is 0 Å². The van der Waals surface area contributed by atoms with Crippen LogP contribution in [0.2, 0.25) is 0 Å². The van der Waals surface area contributed by atoms with Crippen molar-refractivity contribution < 1.29 is 13.6 Å². The molecule has 0 heterocycles. The number of fused-ring (bicyclic) bond motifs is 1. The second kappa shape index (κ2) is 5.04. The number of carbonyl (C=O) groups is 1. The predicted molar refractivity (Wildman–Crippen MR) is 71.3 cm³/mol. The van der Waals surface area contributed by atoms with Gasteiger partial charge in [-0.25, -0.2) is 8.78 Å². The number of amides is 1. The molecule has 4 heteroatoms. The Morgan fingerprint density at radius 2 is 1.90 bits per heavy atom. The SMILES string of the molecule is O=C(N[C@@H]1CCc2c(F)cc(F)cc21)c1ccccc1. The number of benzene rings is 2. The summed E-state index contributed by atoms with van der Waals surface area (Å²) in [5.41, 5.74) is 1.59. The highest BCUT2D eigenvalue weighted by Gasteiger charge is 2.27. The molecule has 1 atom stereocenters. The molecule has 0 unspecified atom stereocenters. The third-order valence-electron chi connectivity index (χ3n) is 3.59. The minimum Gasteiger partial charge on any atom is -0.345 e. The maximum atomic E-state index is 13.6. The van der Waals surface area contributed by atoms with Gasteiger partial charge >= 0.3 is 0 Å². The Bertz CT molecular complexity index is 655. The minimum atomic E-state index is -0.609. The lowest BCUT2D eigenvalue weighted by Gasteiger charge is -2.14. The molecule has 2 aromatic carbocycles. The zero-order valence-corrected chi connectivity index (χ0v) is 10.7. The fourth-order valence-electron chi connectivity index (χ4n) is 2.62. The standard InChI is InChI=1S/C16H13F2NO/c17-11-8-13-12(14(18)9-11)6-7-15(13)19-16(20)10-4-2-1-3-5-10/h1-5,8-9,15H,6-7H2,(H,19,20)/t15-/m1/s1. The molecule has 0 aromatic heterocycles. The van der Waals surface area contributed by atoms with E-state index in [-0.39, 0.29) is 11.9 Å². The Balaban J connectivity index is 1.84. The highest BCUT2D eigenvalue weighted by Crippen LogP contribution is 2.33. The second-order valence-electron chi connectivity index (χ2n) is 4.89. The van der Waals surface area contributed by atoms with Crippen LogP contribution >= 0.6 is 0 Å². The first-order valence-electron chi connectivity index (χ1n) is 6.49. The lowest BCUT2D eigenvalue weighted by Crippen LogP contribution is -2.27. The van der Waals surface area contributed by atoms with Crippen molar-refractivity contribution in [3.8, 4) is 0 Å². The molecule has 0 aliphatic heterocycles. The van der Waals surface area contributed by atoms with Crippen molar-refractivity contribution in [1.82, 2.24) is 5.32 Å². The average molecular weight is 273 g/mol. The van der Waals surface area contributed by atoms with Crippen LogP contribution in [0.1, 0.15) is 33.9 Å². The summed E-state index contributed by atoms with van der Waals surface area (Å²) in [5.74, 6) is -1.37. The van der Waals surface area contributed by atoms with E-state index in [1.165, 1.54) is 6.07 Å². The third-order valence-corrected chi connectivity index (χ3v) is 3.59. The van der Waals surface area contributed by atoms with Crippen molar-refractivity contribution in [3.63, 3.8) is 0 Å². The normalized spacial score (nSPS) is 16.8. The third kappa shape index (κ3) is 2.29. The zero-order chi connectivity index (χ0) is 14.1. The van der Waals surface area contributed by atoms with Gasteiger partial charge in [0, 0.05) is 11.6 Å². The number of nitrogens with one attached hydrogen (secondary N) is 1. The van der Waals surface area contributed by atoms with Gasteiger partial charge < -0.3 is 5.32 Å². The summed E-state index contributed by atoms with van der Waals surface area (Å²) in [6.07, 6.45) is 1.11. The predicted octanol–water partition coefficient (Wildman–Crippen LogP) is 3.38. The molecule has 3 rings (SSSR count). The van der Waals surface area contributed by atoms with Crippen LogP contribution in [-0.2, 0) is 6.42 Å². The van der Waals surface area contributed by atoms with E-state index in [0.717, 1.165) is 6.07 Å². The Labute approximate surface area is 115 Å². The molecule has 102 valence electrons. The van der Waals surface area contributed by atoms with Gasteiger partial charge in [-0.1, -0.05) is 18.2 Å². The van der Waals surface area contributed by atoms with Gasteiger partial charge in [0.25, 0.3) is 5.91 Å². The largest absolute Gasteiger partial charge is 0.345 e. The summed E-state index contributed by atoms with van der Waals surface area (Å²) in [6, 6.07) is 10.7. The van der Waals surface area contributed by atoms with Crippen LogP contribution in [0, 0.1) is 11.6 Å². The number of carbonyl (C=O) groups excluding carboxylic acids is 1. The van der Waals surface area contributed by atoms with E-state index in [0.29, 0.717) is 29.5 Å². The fourth-order valence-corrected chi connectivity index (χ4v) is 2.62.